The van der Waals surface area contributed by atoms with Crippen LogP contribution in [0.25, 0.3) is 0 Å². The van der Waals surface area contributed by atoms with Crippen molar-refractivity contribution < 1.29 is 9.18 Å². The van der Waals surface area contributed by atoms with Gasteiger partial charge in [0, 0.05) is 6.04 Å². The smallest absolute Gasteiger partial charge is 0.225 e. The van der Waals surface area contributed by atoms with Crippen molar-refractivity contribution in [3.05, 3.63) is 35.6 Å². The van der Waals surface area contributed by atoms with Gasteiger partial charge in [0.05, 0.1) is 12.0 Å². The molecule has 1 aliphatic carbocycles. The Balaban J connectivity index is 1.98. The van der Waals surface area contributed by atoms with Crippen LogP contribution in [-0.2, 0) is 4.79 Å². The number of carbonyl (C=O) groups is 1. The number of carbonyl (C=O) groups excluding carboxylic acids is 1. The summed E-state index contributed by atoms with van der Waals surface area (Å²) < 4.78 is 13.1. The molecule has 1 aliphatic rings. The Kier molecular flexibility index (Phi) is 3.97. The summed E-state index contributed by atoms with van der Waals surface area (Å²) in [6.45, 7) is 1.85. The molecule has 1 aromatic rings. The number of halogens is 1. The maximum absolute atomic E-state index is 13.1. The van der Waals surface area contributed by atoms with Crippen molar-refractivity contribution in [1.82, 2.24) is 5.32 Å². The second-order valence-electron chi connectivity index (χ2n) is 4.99. The quantitative estimate of drug-likeness (QED) is 0.863. The lowest BCUT2D eigenvalue weighted by Crippen LogP contribution is -2.39. The number of benzene rings is 1. The van der Waals surface area contributed by atoms with E-state index in [1.54, 1.807) is 6.07 Å². The molecule has 3 atom stereocenters. The Labute approximate surface area is 107 Å². The first-order chi connectivity index (χ1) is 8.58. The van der Waals surface area contributed by atoms with Crippen molar-refractivity contribution in [2.75, 3.05) is 0 Å². The van der Waals surface area contributed by atoms with Crippen LogP contribution in [0, 0.1) is 11.7 Å². The van der Waals surface area contributed by atoms with Crippen LogP contribution in [0.15, 0.2) is 24.3 Å². The van der Waals surface area contributed by atoms with Gasteiger partial charge >= 0.3 is 0 Å². The molecule has 4 heteroatoms. The zero-order valence-corrected chi connectivity index (χ0v) is 10.5. The fourth-order valence-electron chi connectivity index (χ4n) is 2.49. The van der Waals surface area contributed by atoms with Crippen LogP contribution in [0.5, 0.6) is 0 Å². The highest BCUT2D eigenvalue weighted by Gasteiger charge is 2.30. The van der Waals surface area contributed by atoms with Gasteiger partial charge in [-0.25, -0.2) is 4.39 Å². The normalized spacial score (nSPS) is 24.8. The van der Waals surface area contributed by atoms with Crippen molar-refractivity contribution in [2.24, 2.45) is 11.7 Å². The van der Waals surface area contributed by atoms with Crippen LogP contribution >= 0.6 is 0 Å². The van der Waals surface area contributed by atoms with Gasteiger partial charge in [-0.05, 0) is 37.5 Å². The molecule has 0 saturated heterocycles. The van der Waals surface area contributed by atoms with Gasteiger partial charge in [-0.15, -0.1) is 0 Å². The average Bonchev–Trinajstić information content (AvgIpc) is 2.75. The lowest BCUT2D eigenvalue weighted by atomic mass is 10.0. The van der Waals surface area contributed by atoms with Gasteiger partial charge in [0.25, 0.3) is 0 Å². The zero-order chi connectivity index (χ0) is 13.1. The average molecular weight is 250 g/mol. The van der Waals surface area contributed by atoms with Crippen LogP contribution in [-0.4, -0.2) is 11.9 Å². The van der Waals surface area contributed by atoms with Gasteiger partial charge in [-0.1, -0.05) is 18.6 Å². The van der Waals surface area contributed by atoms with E-state index in [-0.39, 0.29) is 29.7 Å². The standard InChI is InChI=1S/C14H19FN2O/c1-9(10-4-2-5-11(15)8-10)17-14(18)12-6-3-7-13(12)16/h2,4-5,8-9,12-13H,3,6-7,16H2,1H3,(H,17,18)/t9-,12?,13?/m1/s1. The van der Waals surface area contributed by atoms with E-state index in [0.29, 0.717) is 0 Å². The maximum Gasteiger partial charge on any atom is 0.225 e. The van der Waals surface area contributed by atoms with Crippen molar-refractivity contribution in [2.45, 2.75) is 38.3 Å². The highest BCUT2D eigenvalue weighted by atomic mass is 19.1. The fraction of sp³-hybridized carbons (Fsp3) is 0.500. The Hall–Kier alpha value is -1.42. The van der Waals surface area contributed by atoms with Gasteiger partial charge in [-0.3, -0.25) is 4.79 Å². The third-order valence-electron chi connectivity index (χ3n) is 3.61. The summed E-state index contributed by atoms with van der Waals surface area (Å²) in [5.41, 5.74) is 6.67. The van der Waals surface area contributed by atoms with Crippen molar-refractivity contribution in [3.63, 3.8) is 0 Å². The number of amides is 1. The van der Waals surface area contributed by atoms with E-state index in [9.17, 15) is 9.18 Å². The summed E-state index contributed by atoms with van der Waals surface area (Å²) in [6, 6.07) is 6.06. The summed E-state index contributed by atoms with van der Waals surface area (Å²) in [4.78, 5) is 12.0. The van der Waals surface area contributed by atoms with E-state index >= 15 is 0 Å². The lowest BCUT2D eigenvalue weighted by Gasteiger charge is -2.19. The third kappa shape index (κ3) is 2.88. The summed E-state index contributed by atoms with van der Waals surface area (Å²) in [7, 11) is 0. The second kappa shape index (κ2) is 5.48. The molecule has 18 heavy (non-hydrogen) atoms. The van der Waals surface area contributed by atoms with E-state index in [4.69, 9.17) is 5.73 Å². The fourth-order valence-corrected chi connectivity index (χ4v) is 2.49. The molecular formula is C14H19FN2O. The van der Waals surface area contributed by atoms with Gasteiger partial charge in [0.1, 0.15) is 5.82 Å². The molecule has 0 bridgehead atoms. The van der Waals surface area contributed by atoms with E-state index in [1.807, 2.05) is 13.0 Å². The first kappa shape index (κ1) is 13.0. The van der Waals surface area contributed by atoms with Crippen LogP contribution in [0.1, 0.15) is 37.8 Å². The van der Waals surface area contributed by atoms with E-state index in [2.05, 4.69) is 5.32 Å². The molecule has 3 N–H and O–H groups in total. The Bertz CT molecular complexity index is 436. The number of nitrogens with one attached hydrogen (secondary N) is 1. The minimum Gasteiger partial charge on any atom is -0.349 e. The first-order valence-corrected chi connectivity index (χ1v) is 6.39. The molecule has 1 aromatic carbocycles. The van der Waals surface area contributed by atoms with Crippen LogP contribution < -0.4 is 11.1 Å². The molecular weight excluding hydrogens is 231 g/mol. The lowest BCUT2D eigenvalue weighted by molar-refractivity contribution is -0.125. The van der Waals surface area contributed by atoms with Crippen molar-refractivity contribution in [1.29, 1.82) is 0 Å². The van der Waals surface area contributed by atoms with Gasteiger partial charge in [0.2, 0.25) is 5.91 Å². The zero-order valence-electron chi connectivity index (χ0n) is 10.5. The predicted molar refractivity (Wildman–Crippen MR) is 68.3 cm³/mol. The third-order valence-corrected chi connectivity index (χ3v) is 3.61. The van der Waals surface area contributed by atoms with Crippen LogP contribution in [0.2, 0.25) is 0 Å². The monoisotopic (exact) mass is 250 g/mol. The minimum absolute atomic E-state index is 0.0169. The van der Waals surface area contributed by atoms with Gasteiger partial charge < -0.3 is 11.1 Å². The van der Waals surface area contributed by atoms with Crippen LogP contribution in [0.3, 0.4) is 0 Å². The van der Waals surface area contributed by atoms with Crippen LogP contribution in [0.4, 0.5) is 4.39 Å². The number of hydrogen-bond acceptors (Lipinski definition) is 2. The van der Waals surface area contributed by atoms with E-state index < -0.39 is 0 Å². The van der Waals surface area contributed by atoms with E-state index in [0.717, 1.165) is 24.8 Å². The molecule has 0 aromatic heterocycles. The predicted octanol–water partition coefficient (Wildman–Crippen LogP) is 2.13. The summed E-state index contributed by atoms with van der Waals surface area (Å²) in [5, 5.41) is 2.91. The number of hydrogen-bond donors (Lipinski definition) is 2. The summed E-state index contributed by atoms with van der Waals surface area (Å²) >= 11 is 0. The SMILES string of the molecule is C[C@@H](NC(=O)C1CCCC1N)c1cccc(F)c1. The Morgan fingerprint density at radius 1 is 1.50 bits per heavy atom. The molecule has 0 heterocycles. The number of rotatable bonds is 3. The molecule has 0 spiro atoms. The number of nitrogens with two attached hydrogens (primary N) is 1. The Morgan fingerprint density at radius 3 is 2.89 bits per heavy atom. The molecule has 2 unspecified atom stereocenters. The Morgan fingerprint density at radius 2 is 2.28 bits per heavy atom. The highest BCUT2D eigenvalue weighted by Crippen LogP contribution is 2.25. The van der Waals surface area contributed by atoms with E-state index in [1.165, 1.54) is 12.1 Å². The first-order valence-electron chi connectivity index (χ1n) is 6.39. The summed E-state index contributed by atoms with van der Waals surface area (Å²) in [5.74, 6) is -0.399. The minimum atomic E-state index is -0.286. The highest BCUT2D eigenvalue weighted by molar-refractivity contribution is 5.80. The molecule has 1 fully saturated rings. The molecule has 1 saturated carbocycles. The topological polar surface area (TPSA) is 55.1 Å². The molecule has 1 amide bonds. The van der Waals surface area contributed by atoms with Crippen molar-refractivity contribution in [3.8, 4) is 0 Å². The van der Waals surface area contributed by atoms with Crippen molar-refractivity contribution >= 4 is 5.91 Å². The maximum atomic E-state index is 13.1. The molecule has 0 radical (unpaired) electrons. The largest absolute Gasteiger partial charge is 0.349 e. The molecule has 2 rings (SSSR count). The molecule has 0 aliphatic heterocycles. The second-order valence-corrected chi connectivity index (χ2v) is 4.99. The molecule has 98 valence electrons. The van der Waals surface area contributed by atoms with Gasteiger partial charge in [-0.2, -0.15) is 0 Å². The molecule has 3 nitrogen and oxygen atoms in total. The van der Waals surface area contributed by atoms with Gasteiger partial charge in [0.15, 0.2) is 0 Å². The summed E-state index contributed by atoms with van der Waals surface area (Å²) in [6.07, 6.45) is 2.77.